The maximum atomic E-state index is 6.34. The van der Waals surface area contributed by atoms with Gasteiger partial charge in [-0.3, -0.25) is 0 Å². The Bertz CT molecular complexity index is 1340. The first-order valence-electron chi connectivity index (χ1n) is 9.96. The second-order valence-corrected chi connectivity index (χ2v) is 7.45. The van der Waals surface area contributed by atoms with Crippen LogP contribution < -0.4 is 9.80 Å². The molecule has 0 N–H and O–H groups in total. The minimum absolute atomic E-state index is 0.119. The van der Waals surface area contributed by atoms with Crippen molar-refractivity contribution in [3.05, 3.63) is 97.1 Å². The number of furan rings is 1. The average molecular weight is 376 g/mol. The fourth-order valence-corrected chi connectivity index (χ4v) is 4.59. The smallest absolute Gasteiger partial charge is 0.159 e. The Morgan fingerprint density at radius 3 is 2.03 bits per heavy atom. The van der Waals surface area contributed by atoms with E-state index in [9.17, 15) is 0 Å². The standard InChI is InChI=1S/C26H20N2O/c1-18-27(19-10-3-2-4-11-19)22-14-6-7-15-23(22)28(18)24-16-9-13-21-20-12-5-8-17-25(20)29-26(21)24/h2-18H,1H3. The van der Waals surface area contributed by atoms with Crippen LogP contribution in [0.2, 0.25) is 0 Å². The summed E-state index contributed by atoms with van der Waals surface area (Å²) in [7, 11) is 0. The highest BCUT2D eigenvalue weighted by atomic mass is 16.3. The Morgan fingerprint density at radius 2 is 1.21 bits per heavy atom. The van der Waals surface area contributed by atoms with Crippen molar-refractivity contribution in [1.82, 2.24) is 0 Å². The molecule has 0 amide bonds. The predicted octanol–water partition coefficient (Wildman–Crippen LogP) is 7.22. The summed E-state index contributed by atoms with van der Waals surface area (Å²) in [5.74, 6) is 0. The molecule has 1 unspecified atom stereocenters. The molecule has 0 bridgehead atoms. The first-order valence-corrected chi connectivity index (χ1v) is 9.96. The summed E-state index contributed by atoms with van der Waals surface area (Å²) < 4.78 is 6.34. The lowest BCUT2D eigenvalue weighted by atomic mass is 10.1. The van der Waals surface area contributed by atoms with Gasteiger partial charge >= 0.3 is 0 Å². The number of fused-ring (bicyclic) bond motifs is 4. The number of rotatable bonds is 2. The van der Waals surface area contributed by atoms with Gasteiger partial charge in [0.05, 0.1) is 17.1 Å². The van der Waals surface area contributed by atoms with Crippen LogP contribution in [0, 0.1) is 0 Å². The van der Waals surface area contributed by atoms with Crippen molar-refractivity contribution in [2.45, 2.75) is 13.1 Å². The first-order chi connectivity index (χ1) is 14.3. The van der Waals surface area contributed by atoms with Gasteiger partial charge in [-0.1, -0.05) is 60.7 Å². The quantitative estimate of drug-likeness (QED) is 0.324. The molecule has 29 heavy (non-hydrogen) atoms. The molecule has 0 saturated carbocycles. The van der Waals surface area contributed by atoms with E-state index in [-0.39, 0.29) is 6.17 Å². The maximum absolute atomic E-state index is 6.34. The molecule has 1 aliphatic heterocycles. The summed E-state index contributed by atoms with van der Waals surface area (Å²) in [6.07, 6.45) is 0.119. The van der Waals surface area contributed by atoms with E-state index in [4.69, 9.17) is 4.42 Å². The van der Waals surface area contributed by atoms with Gasteiger partial charge in [-0.05, 0) is 43.3 Å². The normalized spacial score (nSPS) is 16.0. The molecule has 2 heterocycles. The number of anilines is 4. The highest BCUT2D eigenvalue weighted by Gasteiger charge is 2.35. The molecule has 3 heteroatoms. The van der Waals surface area contributed by atoms with Crippen LogP contribution in [0.3, 0.4) is 0 Å². The second-order valence-electron chi connectivity index (χ2n) is 7.45. The Balaban J connectivity index is 1.60. The highest BCUT2D eigenvalue weighted by Crippen LogP contribution is 2.49. The van der Waals surface area contributed by atoms with E-state index in [1.807, 2.05) is 12.1 Å². The van der Waals surface area contributed by atoms with Crippen molar-refractivity contribution in [3.8, 4) is 0 Å². The van der Waals surface area contributed by atoms with Crippen molar-refractivity contribution in [3.63, 3.8) is 0 Å². The lowest BCUT2D eigenvalue weighted by Crippen LogP contribution is -2.35. The van der Waals surface area contributed by atoms with Crippen molar-refractivity contribution >= 4 is 44.7 Å². The van der Waals surface area contributed by atoms with E-state index in [0.29, 0.717) is 0 Å². The van der Waals surface area contributed by atoms with E-state index in [2.05, 4.69) is 102 Å². The molecule has 140 valence electrons. The first kappa shape index (κ1) is 16.3. The van der Waals surface area contributed by atoms with Gasteiger partial charge in [0.1, 0.15) is 11.7 Å². The summed E-state index contributed by atoms with van der Waals surface area (Å²) in [4.78, 5) is 4.77. The molecule has 6 rings (SSSR count). The number of benzene rings is 4. The molecule has 3 nitrogen and oxygen atoms in total. The number of hydrogen-bond donors (Lipinski definition) is 0. The molecule has 0 aliphatic carbocycles. The minimum atomic E-state index is 0.119. The average Bonchev–Trinajstić information content (AvgIpc) is 3.29. The van der Waals surface area contributed by atoms with Crippen LogP contribution in [-0.2, 0) is 0 Å². The van der Waals surface area contributed by atoms with Crippen LogP contribution in [-0.4, -0.2) is 6.17 Å². The molecule has 0 spiro atoms. The SMILES string of the molecule is CC1N(c2ccccc2)c2ccccc2N1c1cccc2c1oc1ccccc12. The van der Waals surface area contributed by atoms with Gasteiger partial charge < -0.3 is 14.2 Å². The highest BCUT2D eigenvalue weighted by molar-refractivity contribution is 6.10. The monoisotopic (exact) mass is 376 g/mol. The molecular formula is C26H20N2O. The Labute approximate surface area is 169 Å². The van der Waals surface area contributed by atoms with Crippen LogP contribution in [0.1, 0.15) is 6.92 Å². The third kappa shape index (κ3) is 2.31. The van der Waals surface area contributed by atoms with Crippen LogP contribution in [0.4, 0.5) is 22.7 Å². The zero-order valence-corrected chi connectivity index (χ0v) is 16.1. The van der Waals surface area contributed by atoms with E-state index < -0.39 is 0 Å². The largest absolute Gasteiger partial charge is 0.454 e. The van der Waals surface area contributed by atoms with Crippen molar-refractivity contribution in [2.75, 3.05) is 9.80 Å². The number of hydrogen-bond acceptors (Lipinski definition) is 3. The van der Waals surface area contributed by atoms with Crippen molar-refractivity contribution in [2.24, 2.45) is 0 Å². The second kappa shape index (κ2) is 6.14. The fourth-order valence-electron chi connectivity index (χ4n) is 4.59. The Morgan fingerprint density at radius 1 is 0.586 bits per heavy atom. The van der Waals surface area contributed by atoms with Crippen LogP contribution in [0.5, 0.6) is 0 Å². The van der Waals surface area contributed by atoms with E-state index in [0.717, 1.165) is 27.6 Å². The molecule has 5 aromatic rings. The van der Waals surface area contributed by atoms with E-state index >= 15 is 0 Å². The summed E-state index contributed by atoms with van der Waals surface area (Å²) >= 11 is 0. The van der Waals surface area contributed by atoms with E-state index in [1.165, 1.54) is 17.1 Å². The summed E-state index contributed by atoms with van der Waals surface area (Å²) in [6.45, 7) is 2.24. The molecular weight excluding hydrogens is 356 g/mol. The third-order valence-corrected chi connectivity index (χ3v) is 5.83. The molecule has 0 fully saturated rings. The Kier molecular flexibility index (Phi) is 3.44. The zero-order chi connectivity index (χ0) is 19.4. The lowest BCUT2D eigenvalue weighted by molar-refractivity contribution is 0.663. The number of nitrogens with zero attached hydrogens (tertiary/aromatic N) is 2. The topological polar surface area (TPSA) is 19.6 Å². The fraction of sp³-hybridized carbons (Fsp3) is 0.0769. The molecule has 1 atom stereocenters. The lowest BCUT2D eigenvalue weighted by Gasteiger charge is -2.30. The Hall–Kier alpha value is -3.72. The van der Waals surface area contributed by atoms with Crippen molar-refractivity contribution < 1.29 is 4.42 Å². The van der Waals surface area contributed by atoms with Gasteiger partial charge in [0.25, 0.3) is 0 Å². The zero-order valence-electron chi connectivity index (χ0n) is 16.1. The van der Waals surface area contributed by atoms with Gasteiger partial charge in [-0.25, -0.2) is 0 Å². The van der Waals surface area contributed by atoms with Gasteiger partial charge in [-0.2, -0.15) is 0 Å². The third-order valence-electron chi connectivity index (χ3n) is 5.83. The van der Waals surface area contributed by atoms with Gasteiger partial charge in [0, 0.05) is 16.5 Å². The van der Waals surface area contributed by atoms with E-state index in [1.54, 1.807) is 0 Å². The van der Waals surface area contributed by atoms with Crippen molar-refractivity contribution in [1.29, 1.82) is 0 Å². The summed E-state index contributed by atoms with van der Waals surface area (Å²) in [5.41, 5.74) is 6.54. The van der Waals surface area contributed by atoms with Gasteiger partial charge in [-0.15, -0.1) is 0 Å². The molecule has 4 aromatic carbocycles. The predicted molar refractivity (Wildman–Crippen MR) is 120 cm³/mol. The molecule has 0 radical (unpaired) electrons. The maximum Gasteiger partial charge on any atom is 0.159 e. The van der Waals surface area contributed by atoms with Crippen LogP contribution >= 0.6 is 0 Å². The van der Waals surface area contributed by atoms with Gasteiger partial charge in [0.2, 0.25) is 0 Å². The minimum Gasteiger partial charge on any atom is -0.454 e. The van der Waals surface area contributed by atoms with Crippen LogP contribution in [0.15, 0.2) is 101 Å². The van der Waals surface area contributed by atoms with Crippen LogP contribution in [0.25, 0.3) is 21.9 Å². The summed E-state index contributed by atoms with van der Waals surface area (Å²) in [6, 6.07) is 33.8. The molecule has 0 saturated heterocycles. The molecule has 1 aliphatic rings. The van der Waals surface area contributed by atoms with Gasteiger partial charge in [0.15, 0.2) is 5.58 Å². The molecule has 1 aromatic heterocycles. The summed E-state index contributed by atoms with van der Waals surface area (Å²) in [5, 5.41) is 2.31. The number of para-hydroxylation sites is 5.